The van der Waals surface area contributed by atoms with Gasteiger partial charge in [-0.05, 0) is 17.8 Å². The monoisotopic (exact) mass is 310 g/mol. The second-order valence-electron chi connectivity index (χ2n) is 3.40. The van der Waals surface area contributed by atoms with Crippen molar-refractivity contribution in [3.8, 4) is 0 Å². The summed E-state index contributed by atoms with van der Waals surface area (Å²) in [5.41, 5.74) is 0. The maximum atomic E-state index is 11.5. The third kappa shape index (κ3) is 1.57. The molecule has 0 bridgehead atoms. The Labute approximate surface area is 91.7 Å². The van der Waals surface area contributed by atoms with Gasteiger partial charge in [-0.15, -0.1) is 20.7 Å². The molecule has 2 aliphatic rings. The summed E-state index contributed by atoms with van der Waals surface area (Å²) in [5.74, 6) is -1.80. The van der Waals surface area contributed by atoms with E-state index in [0.29, 0.717) is 12.8 Å². The van der Waals surface area contributed by atoms with Gasteiger partial charge in [-0.1, -0.05) is 0 Å². The van der Waals surface area contributed by atoms with Gasteiger partial charge in [-0.3, -0.25) is 0 Å². The van der Waals surface area contributed by atoms with Crippen LogP contribution in [-0.4, -0.2) is 26.2 Å². The molecule has 78 valence electrons. The molecule has 1 saturated carbocycles. The van der Waals surface area contributed by atoms with Crippen molar-refractivity contribution in [1.82, 2.24) is 0 Å². The van der Waals surface area contributed by atoms with Crippen molar-refractivity contribution in [3.63, 3.8) is 0 Å². The van der Waals surface area contributed by atoms with Gasteiger partial charge in [-0.2, -0.15) is 0 Å². The lowest BCUT2D eigenvalue weighted by Crippen LogP contribution is -2.48. The number of carbonyl (C=O) groups excluding carboxylic acids is 2. The van der Waals surface area contributed by atoms with Crippen LogP contribution in [0.2, 0.25) is 0 Å². The quantitative estimate of drug-likeness (QED) is 0.382. The van der Waals surface area contributed by atoms with Gasteiger partial charge in [0.25, 0.3) is 5.79 Å². The fourth-order valence-electron chi connectivity index (χ4n) is 1.80. The number of hydrogen-bond donors (Lipinski definition) is 0. The Balaban J connectivity index is 2.23. The minimum absolute atomic E-state index is 0.237. The molecule has 1 spiro atoms. The van der Waals surface area contributed by atoms with Crippen LogP contribution >= 0.6 is 20.7 Å². The molecule has 1 aliphatic heterocycles. The molecule has 0 atom stereocenters. The van der Waals surface area contributed by atoms with E-state index >= 15 is 0 Å². The molecule has 0 amide bonds. The molecule has 14 heavy (non-hydrogen) atoms. The zero-order valence-corrected chi connectivity index (χ0v) is 10.00. The SMILES string of the molecule is CI=C1C(=O)OC2(CCCC2)OC1=O. The molecule has 0 unspecified atom stereocenters. The molecule has 2 rings (SSSR count). The van der Waals surface area contributed by atoms with E-state index in [-0.39, 0.29) is 3.51 Å². The van der Waals surface area contributed by atoms with E-state index in [2.05, 4.69) is 0 Å². The standard InChI is InChI=1S/C9H11IO4/c1-10-6-7(11)13-9(14-8(6)12)4-2-3-5-9/h2-5H2,1H3. The van der Waals surface area contributed by atoms with Crippen LogP contribution in [-0.2, 0) is 19.1 Å². The van der Waals surface area contributed by atoms with Crippen molar-refractivity contribution in [1.29, 1.82) is 0 Å². The number of esters is 2. The molecule has 0 N–H and O–H groups in total. The summed E-state index contributed by atoms with van der Waals surface area (Å²) in [5, 5.41) is 0. The van der Waals surface area contributed by atoms with Crippen LogP contribution in [0.5, 0.6) is 0 Å². The lowest BCUT2D eigenvalue weighted by molar-refractivity contribution is -0.224. The van der Waals surface area contributed by atoms with Crippen LogP contribution < -0.4 is 0 Å². The minimum Gasteiger partial charge on any atom is -0.418 e. The van der Waals surface area contributed by atoms with E-state index < -0.39 is 38.5 Å². The molecule has 0 radical (unpaired) electrons. The van der Waals surface area contributed by atoms with Crippen molar-refractivity contribution in [2.45, 2.75) is 31.5 Å². The van der Waals surface area contributed by atoms with Crippen LogP contribution in [0.15, 0.2) is 0 Å². The highest BCUT2D eigenvalue weighted by molar-refractivity contribution is 14.2. The molecule has 2 fully saturated rings. The van der Waals surface area contributed by atoms with E-state index in [4.69, 9.17) is 9.47 Å². The third-order valence-electron chi connectivity index (χ3n) is 2.47. The first-order valence-corrected chi connectivity index (χ1v) is 7.74. The largest absolute Gasteiger partial charge is 0.418 e. The first-order chi connectivity index (χ1) is 6.67. The number of alkyl halides is 1. The van der Waals surface area contributed by atoms with E-state index in [1.165, 1.54) is 0 Å². The number of rotatable bonds is 0. The summed E-state index contributed by atoms with van der Waals surface area (Å²) in [7, 11) is 0. The smallest absolute Gasteiger partial charge is 0.354 e. The predicted octanol–water partition coefficient (Wildman–Crippen LogP) is 1.13. The van der Waals surface area contributed by atoms with Crippen LogP contribution in [0.4, 0.5) is 0 Å². The summed E-state index contributed by atoms with van der Waals surface area (Å²) in [6, 6.07) is 0. The van der Waals surface area contributed by atoms with Gasteiger partial charge in [0.15, 0.2) is 3.51 Å². The first kappa shape index (κ1) is 10.1. The third-order valence-corrected chi connectivity index (χ3v) is 4.43. The Bertz CT molecular complexity index is 293. The van der Waals surface area contributed by atoms with Crippen molar-refractivity contribution in [2.24, 2.45) is 0 Å². The molecular weight excluding hydrogens is 299 g/mol. The fourth-order valence-corrected chi connectivity index (χ4v) is 2.90. The van der Waals surface area contributed by atoms with E-state index in [1.807, 2.05) is 4.93 Å². The lowest BCUT2D eigenvalue weighted by atomic mass is 10.2. The lowest BCUT2D eigenvalue weighted by Gasteiger charge is -2.32. The predicted molar refractivity (Wildman–Crippen MR) is 58.3 cm³/mol. The van der Waals surface area contributed by atoms with Crippen molar-refractivity contribution in [3.05, 3.63) is 0 Å². The van der Waals surface area contributed by atoms with Crippen molar-refractivity contribution < 1.29 is 19.1 Å². The molecule has 1 heterocycles. The molecule has 5 heteroatoms. The van der Waals surface area contributed by atoms with E-state index in [9.17, 15) is 9.59 Å². The first-order valence-electron chi connectivity index (χ1n) is 4.50. The number of halogens is 1. The Morgan fingerprint density at radius 1 is 1.14 bits per heavy atom. The van der Waals surface area contributed by atoms with Crippen molar-refractivity contribution in [2.75, 3.05) is 4.93 Å². The van der Waals surface area contributed by atoms with E-state index in [1.54, 1.807) is 0 Å². The van der Waals surface area contributed by atoms with Gasteiger partial charge in [0.2, 0.25) is 0 Å². The van der Waals surface area contributed by atoms with Gasteiger partial charge >= 0.3 is 11.9 Å². The fraction of sp³-hybridized carbons (Fsp3) is 0.667. The van der Waals surface area contributed by atoms with Gasteiger partial charge in [-0.25, -0.2) is 9.59 Å². The van der Waals surface area contributed by atoms with Crippen LogP contribution in [0.25, 0.3) is 0 Å². The average molecular weight is 310 g/mol. The van der Waals surface area contributed by atoms with Crippen molar-refractivity contribution >= 4 is 36.2 Å². The van der Waals surface area contributed by atoms with E-state index in [0.717, 1.165) is 12.8 Å². The zero-order valence-electron chi connectivity index (χ0n) is 7.84. The summed E-state index contributed by atoms with van der Waals surface area (Å²) in [4.78, 5) is 24.8. The highest BCUT2D eigenvalue weighted by atomic mass is 127. The Morgan fingerprint density at radius 2 is 1.64 bits per heavy atom. The van der Waals surface area contributed by atoms with Crippen LogP contribution in [0, 0.1) is 0 Å². The Morgan fingerprint density at radius 3 is 2.07 bits per heavy atom. The minimum atomic E-state index is -0.906. The summed E-state index contributed by atoms with van der Waals surface area (Å²) < 4.78 is 10.7. The average Bonchev–Trinajstić information content (AvgIpc) is 2.52. The van der Waals surface area contributed by atoms with Gasteiger partial charge in [0, 0.05) is 12.8 Å². The number of ether oxygens (including phenoxy) is 2. The maximum absolute atomic E-state index is 11.5. The molecule has 0 aromatic carbocycles. The zero-order chi connectivity index (χ0) is 10.2. The molecule has 1 aliphatic carbocycles. The Hall–Kier alpha value is -0.460. The highest BCUT2D eigenvalue weighted by Gasteiger charge is 2.47. The highest BCUT2D eigenvalue weighted by Crippen LogP contribution is 2.37. The molecule has 0 aromatic heterocycles. The molecule has 4 nitrogen and oxygen atoms in total. The summed E-state index contributed by atoms with van der Waals surface area (Å²) in [6.45, 7) is 0. The summed E-state index contributed by atoms with van der Waals surface area (Å²) in [6.07, 6.45) is 3.22. The van der Waals surface area contributed by atoms with Gasteiger partial charge in [0.1, 0.15) is 0 Å². The second-order valence-corrected chi connectivity index (χ2v) is 5.56. The Kier molecular flexibility index (Phi) is 2.59. The van der Waals surface area contributed by atoms with Crippen LogP contribution in [0.3, 0.4) is 0 Å². The normalized spacial score (nSPS) is 25.1. The van der Waals surface area contributed by atoms with Crippen LogP contribution in [0.1, 0.15) is 25.7 Å². The second kappa shape index (κ2) is 3.60. The summed E-state index contributed by atoms with van der Waals surface area (Å²) >= 11 is -0.559. The molecular formula is C9H11IO4. The number of carbonyl (C=O) groups is 2. The number of hydrogen-bond acceptors (Lipinski definition) is 4. The molecule has 0 aromatic rings. The van der Waals surface area contributed by atoms with Gasteiger partial charge in [0.05, 0.1) is 0 Å². The topological polar surface area (TPSA) is 52.6 Å². The molecule has 1 saturated heterocycles. The van der Waals surface area contributed by atoms with Gasteiger partial charge < -0.3 is 9.47 Å². The maximum Gasteiger partial charge on any atom is 0.354 e.